The van der Waals surface area contributed by atoms with Crippen LogP contribution < -0.4 is 9.47 Å². The summed E-state index contributed by atoms with van der Waals surface area (Å²) in [5, 5.41) is 1.22. The highest BCUT2D eigenvalue weighted by molar-refractivity contribution is 5.97. The molecule has 0 aliphatic heterocycles. The Morgan fingerprint density at radius 2 is 1.83 bits per heavy atom. The van der Waals surface area contributed by atoms with E-state index in [9.17, 15) is 0 Å². The third-order valence-corrected chi connectivity index (χ3v) is 4.66. The molecule has 1 N–H and O–H groups in total. The number of hydrogen-bond donors (Lipinski definition) is 1. The van der Waals surface area contributed by atoms with Gasteiger partial charge in [0.25, 0.3) is 0 Å². The molecule has 118 valence electrons. The Morgan fingerprint density at radius 3 is 2.65 bits per heavy atom. The maximum absolute atomic E-state index is 6.33. The summed E-state index contributed by atoms with van der Waals surface area (Å²) in [6.07, 6.45) is 7.20. The van der Waals surface area contributed by atoms with Crippen LogP contribution in [0.4, 0.5) is 0 Å². The molecule has 0 radical (unpaired) electrons. The molecule has 1 saturated carbocycles. The lowest BCUT2D eigenvalue weighted by molar-refractivity contribution is 0.210. The van der Waals surface area contributed by atoms with Gasteiger partial charge >= 0.3 is 0 Å². The average molecular weight is 307 g/mol. The minimum absolute atomic E-state index is 0.325. The Kier molecular flexibility index (Phi) is 3.70. The Labute approximate surface area is 136 Å². The van der Waals surface area contributed by atoms with Crippen LogP contribution in [-0.4, -0.2) is 18.2 Å². The normalized spacial score (nSPS) is 15.2. The molecule has 23 heavy (non-hydrogen) atoms. The fourth-order valence-electron chi connectivity index (χ4n) is 3.43. The summed E-state index contributed by atoms with van der Waals surface area (Å²) in [4.78, 5) is 3.35. The zero-order valence-corrected chi connectivity index (χ0v) is 13.3. The highest BCUT2D eigenvalue weighted by Gasteiger charge is 2.20. The van der Waals surface area contributed by atoms with Crippen molar-refractivity contribution in [2.75, 3.05) is 7.11 Å². The van der Waals surface area contributed by atoms with E-state index in [0.29, 0.717) is 6.10 Å². The quantitative estimate of drug-likeness (QED) is 0.722. The summed E-state index contributed by atoms with van der Waals surface area (Å²) in [5.74, 6) is 1.75. The van der Waals surface area contributed by atoms with E-state index in [4.69, 9.17) is 9.47 Å². The van der Waals surface area contributed by atoms with Crippen molar-refractivity contribution < 1.29 is 9.47 Å². The monoisotopic (exact) mass is 307 g/mol. The first kappa shape index (κ1) is 14.2. The van der Waals surface area contributed by atoms with Gasteiger partial charge in [-0.1, -0.05) is 18.2 Å². The van der Waals surface area contributed by atoms with Crippen molar-refractivity contribution >= 4 is 10.9 Å². The van der Waals surface area contributed by atoms with E-state index < -0.39 is 0 Å². The molecule has 1 aliphatic carbocycles. The number of aromatic amines is 1. The van der Waals surface area contributed by atoms with E-state index in [0.717, 1.165) is 35.4 Å². The van der Waals surface area contributed by atoms with Crippen LogP contribution in [0, 0.1) is 0 Å². The number of aromatic nitrogens is 1. The Bertz CT molecular complexity index is 815. The number of nitrogens with one attached hydrogen (secondary N) is 1. The molecular formula is C20H21NO2. The zero-order chi connectivity index (χ0) is 15.6. The van der Waals surface area contributed by atoms with Gasteiger partial charge < -0.3 is 14.5 Å². The largest absolute Gasteiger partial charge is 0.497 e. The standard InChI is InChI=1S/C20H21NO2/c1-22-15-10-11-17(20(12-15)23-14-6-2-3-7-14)18-13-21-19-9-5-4-8-16(18)19/h4-5,8-14,21H,2-3,6-7H2,1H3. The van der Waals surface area contributed by atoms with Crippen molar-refractivity contribution in [3.05, 3.63) is 48.7 Å². The molecule has 1 fully saturated rings. The number of para-hydroxylation sites is 1. The zero-order valence-electron chi connectivity index (χ0n) is 13.3. The van der Waals surface area contributed by atoms with Crippen LogP contribution >= 0.6 is 0 Å². The molecule has 3 heteroatoms. The number of benzene rings is 2. The highest BCUT2D eigenvalue weighted by atomic mass is 16.5. The van der Waals surface area contributed by atoms with Crippen LogP contribution in [0.2, 0.25) is 0 Å². The van der Waals surface area contributed by atoms with Gasteiger partial charge in [-0.15, -0.1) is 0 Å². The van der Waals surface area contributed by atoms with Crippen molar-refractivity contribution in [2.24, 2.45) is 0 Å². The predicted octanol–water partition coefficient (Wildman–Crippen LogP) is 5.16. The molecule has 1 aliphatic rings. The van der Waals surface area contributed by atoms with Gasteiger partial charge in [-0.25, -0.2) is 0 Å². The van der Waals surface area contributed by atoms with Gasteiger partial charge in [0.1, 0.15) is 11.5 Å². The SMILES string of the molecule is COc1ccc(-c2c[nH]c3ccccc23)c(OC2CCCC2)c1. The smallest absolute Gasteiger partial charge is 0.131 e. The average Bonchev–Trinajstić information content (AvgIpc) is 3.24. The third-order valence-electron chi connectivity index (χ3n) is 4.66. The lowest BCUT2D eigenvalue weighted by Gasteiger charge is -2.17. The number of methoxy groups -OCH3 is 1. The lowest BCUT2D eigenvalue weighted by atomic mass is 10.0. The second kappa shape index (κ2) is 5.99. The highest BCUT2D eigenvalue weighted by Crippen LogP contribution is 2.39. The van der Waals surface area contributed by atoms with Crippen molar-refractivity contribution in [2.45, 2.75) is 31.8 Å². The molecule has 0 spiro atoms. The summed E-state index contributed by atoms with van der Waals surface area (Å²) in [6.45, 7) is 0. The van der Waals surface area contributed by atoms with Gasteiger partial charge in [-0.3, -0.25) is 0 Å². The lowest BCUT2D eigenvalue weighted by Crippen LogP contribution is -2.11. The fraction of sp³-hybridized carbons (Fsp3) is 0.300. The first-order valence-electron chi connectivity index (χ1n) is 8.26. The number of ether oxygens (including phenoxy) is 2. The van der Waals surface area contributed by atoms with Crippen LogP contribution in [0.15, 0.2) is 48.7 Å². The molecular weight excluding hydrogens is 286 g/mol. The van der Waals surface area contributed by atoms with E-state index in [1.807, 2.05) is 18.2 Å². The summed E-state index contributed by atoms with van der Waals surface area (Å²) in [5.41, 5.74) is 3.44. The van der Waals surface area contributed by atoms with Crippen molar-refractivity contribution in [1.82, 2.24) is 4.98 Å². The number of rotatable bonds is 4. The van der Waals surface area contributed by atoms with Gasteiger partial charge in [0.15, 0.2) is 0 Å². The second-order valence-electron chi connectivity index (χ2n) is 6.13. The summed E-state index contributed by atoms with van der Waals surface area (Å²) < 4.78 is 11.7. The third kappa shape index (κ3) is 2.67. The molecule has 0 atom stereocenters. The number of H-pyrrole nitrogens is 1. The van der Waals surface area contributed by atoms with E-state index in [2.05, 4.69) is 35.4 Å². The molecule has 2 aromatic carbocycles. The van der Waals surface area contributed by atoms with Crippen LogP contribution in [0.1, 0.15) is 25.7 Å². The molecule has 3 aromatic rings. The molecule has 1 aromatic heterocycles. The van der Waals surface area contributed by atoms with Crippen molar-refractivity contribution in [3.8, 4) is 22.6 Å². The summed E-state index contributed by atoms with van der Waals surface area (Å²) in [6, 6.07) is 14.5. The van der Waals surface area contributed by atoms with Gasteiger partial charge in [0, 0.05) is 34.3 Å². The molecule has 4 rings (SSSR count). The molecule has 0 bridgehead atoms. The predicted molar refractivity (Wildman–Crippen MR) is 93.2 cm³/mol. The molecule has 0 saturated heterocycles. The van der Waals surface area contributed by atoms with E-state index in [-0.39, 0.29) is 0 Å². The Hall–Kier alpha value is -2.42. The topological polar surface area (TPSA) is 34.2 Å². The Balaban J connectivity index is 1.80. The minimum atomic E-state index is 0.325. The molecule has 0 unspecified atom stereocenters. The van der Waals surface area contributed by atoms with E-state index >= 15 is 0 Å². The van der Waals surface area contributed by atoms with Gasteiger partial charge in [-0.05, 0) is 43.9 Å². The first-order valence-corrected chi connectivity index (χ1v) is 8.26. The second-order valence-corrected chi connectivity index (χ2v) is 6.13. The van der Waals surface area contributed by atoms with E-state index in [1.54, 1.807) is 7.11 Å². The van der Waals surface area contributed by atoms with Crippen LogP contribution in [-0.2, 0) is 0 Å². The first-order chi connectivity index (χ1) is 11.3. The van der Waals surface area contributed by atoms with Crippen molar-refractivity contribution in [1.29, 1.82) is 0 Å². The van der Waals surface area contributed by atoms with Crippen molar-refractivity contribution in [3.63, 3.8) is 0 Å². The molecule has 3 nitrogen and oxygen atoms in total. The minimum Gasteiger partial charge on any atom is -0.497 e. The summed E-state index contributed by atoms with van der Waals surface area (Å²) >= 11 is 0. The number of fused-ring (bicyclic) bond motifs is 1. The van der Waals surface area contributed by atoms with Crippen LogP contribution in [0.3, 0.4) is 0 Å². The Morgan fingerprint density at radius 1 is 1.00 bits per heavy atom. The van der Waals surface area contributed by atoms with Gasteiger partial charge in [0.2, 0.25) is 0 Å². The van der Waals surface area contributed by atoms with E-state index in [1.165, 1.54) is 23.8 Å². The van der Waals surface area contributed by atoms with Crippen LogP contribution in [0.25, 0.3) is 22.0 Å². The van der Waals surface area contributed by atoms with Gasteiger partial charge in [-0.2, -0.15) is 0 Å². The molecule has 0 amide bonds. The maximum Gasteiger partial charge on any atom is 0.131 e. The summed E-state index contributed by atoms with van der Waals surface area (Å²) in [7, 11) is 1.69. The maximum atomic E-state index is 6.33. The van der Waals surface area contributed by atoms with Crippen LogP contribution in [0.5, 0.6) is 11.5 Å². The van der Waals surface area contributed by atoms with Gasteiger partial charge in [0.05, 0.1) is 13.2 Å². The number of hydrogen-bond acceptors (Lipinski definition) is 2. The molecule has 1 heterocycles. The fourth-order valence-corrected chi connectivity index (χ4v) is 3.43.